The molecule has 0 heterocycles. The predicted octanol–water partition coefficient (Wildman–Crippen LogP) is 0.350. The van der Waals surface area contributed by atoms with E-state index in [1.165, 1.54) is 0 Å². The minimum absolute atomic E-state index is 0.0337. The molecule has 0 fully saturated rings. The second kappa shape index (κ2) is 5.17. The third-order valence-corrected chi connectivity index (χ3v) is 0.748. The van der Waals surface area contributed by atoms with Gasteiger partial charge in [0.15, 0.2) is 0 Å². The Morgan fingerprint density at radius 2 is 2.44 bits per heavy atom. The zero-order valence-corrected chi connectivity index (χ0v) is 5.53. The van der Waals surface area contributed by atoms with E-state index >= 15 is 0 Å². The standard InChI is InChI=1S/C7H10NO/c1-3-5-6-7(9)8-4-2/h1,4,6H2,2H3,(H,8,9). The molecule has 1 N–H and O–H groups in total. The average molecular weight is 124 g/mol. The number of carbonyl (C=O) groups is 1. The molecule has 0 aromatic carbocycles. The van der Waals surface area contributed by atoms with Gasteiger partial charge in [0.1, 0.15) is 0 Å². The van der Waals surface area contributed by atoms with Crippen LogP contribution in [-0.4, -0.2) is 12.5 Å². The molecule has 0 aliphatic heterocycles. The normalized spacial score (nSPS) is 7.33. The molecule has 0 unspecified atom stereocenters. The summed E-state index contributed by atoms with van der Waals surface area (Å²) in [6, 6.07) is 0. The fraction of sp³-hybridized carbons (Fsp3) is 0.429. The molecule has 0 saturated carbocycles. The van der Waals surface area contributed by atoms with Crippen LogP contribution in [0.1, 0.15) is 13.3 Å². The van der Waals surface area contributed by atoms with E-state index in [0.29, 0.717) is 6.54 Å². The Balaban J connectivity index is 3.35. The van der Waals surface area contributed by atoms with E-state index in [1.54, 1.807) is 0 Å². The van der Waals surface area contributed by atoms with E-state index in [2.05, 4.69) is 24.1 Å². The molecule has 0 aliphatic rings. The predicted molar refractivity (Wildman–Crippen MR) is 36.4 cm³/mol. The first-order chi connectivity index (χ1) is 4.31. The van der Waals surface area contributed by atoms with E-state index in [-0.39, 0.29) is 12.3 Å². The fourth-order valence-corrected chi connectivity index (χ4v) is 0.402. The van der Waals surface area contributed by atoms with Crippen molar-refractivity contribution in [3.8, 4) is 11.8 Å². The summed E-state index contributed by atoms with van der Waals surface area (Å²) in [6.45, 7) is 5.81. The molecule has 9 heavy (non-hydrogen) atoms. The SMILES string of the molecule is [CH2]C#CCC(=O)NCC. The maximum atomic E-state index is 10.6. The van der Waals surface area contributed by atoms with Crippen LogP contribution in [0, 0.1) is 18.8 Å². The first kappa shape index (κ1) is 8.03. The molecule has 2 nitrogen and oxygen atoms in total. The van der Waals surface area contributed by atoms with Gasteiger partial charge in [0.2, 0.25) is 5.91 Å². The molecule has 0 rings (SSSR count). The van der Waals surface area contributed by atoms with Crippen molar-refractivity contribution in [1.29, 1.82) is 0 Å². The summed E-state index contributed by atoms with van der Waals surface area (Å²) < 4.78 is 0. The number of rotatable bonds is 2. The molecule has 2 heteroatoms. The minimum Gasteiger partial charge on any atom is -0.356 e. The maximum absolute atomic E-state index is 10.6. The van der Waals surface area contributed by atoms with Gasteiger partial charge in [-0.1, -0.05) is 5.92 Å². The highest BCUT2D eigenvalue weighted by Crippen LogP contribution is 1.73. The Morgan fingerprint density at radius 3 is 2.89 bits per heavy atom. The zero-order valence-electron chi connectivity index (χ0n) is 5.53. The molecule has 0 aromatic rings. The highest BCUT2D eigenvalue weighted by molar-refractivity contribution is 5.78. The molecular weight excluding hydrogens is 114 g/mol. The van der Waals surface area contributed by atoms with Gasteiger partial charge in [0, 0.05) is 13.5 Å². The summed E-state index contributed by atoms with van der Waals surface area (Å²) in [7, 11) is 0. The lowest BCUT2D eigenvalue weighted by Gasteiger charge is -1.93. The van der Waals surface area contributed by atoms with Crippen molar-refractivity contribution in [2.24, 2.45) is 0 Å². The maximum Gasteiger partial charge on any atom is 0.232 e. The van der Waals surface area contributed by atoms with Crippen molar-refractivity contribution in [3.05, 3.63) is 6.92 Å². The smallest absolute Gasteiger partial charge is 0.232 e. The van der Waals surface area contributed by atoms with Crippen molar-refractivity contribution in [1.82, 2.24) is 5.32 Å². The molecule has 49 valence electrons. The molecule has 0 aromatic heterocycles. The van der Waals surface area contributed by atoms with Gasteiger partial charge in [-0.3, -0.25) is 4.79 Å². The third-order valence-electron chi connectivity index (χ3n) is 0.748. The molecule has 0 saturated heterocycles. The first-order valence-electron chi connectivity index (χ1n) is 2.83. The first-order valence-corrected chi connectivity index (χ1v) is 2.83. The Bertz CT molecular complexity index is 141. The van der Waals surface area contributed by atoms with Gasteiger partial charge in [-0.2, -0.15) is 0 Å². The van der Waals surface area contributed by atoms with Crippen molar-refractivity contribution < 1.29 is 4.79 Å². The lowest BCUT2D eigenvalue weighted by Crippen LogP contribution is -2.21. The topological polar surface area (TPSA) is 29.1 Å². The Kier molecular flexibility index (Phi) is 4.61. The monoisotopic (exact) mass is 124 g/mol. The molecule has 0 atom stereocenters. The second-order valence-corrected chi connectivity index (χ2v) is 1.48. The average Bonchev–Trinajstić information content (AvgIpc) is 1.85. The van der Waals surface area contributed by atoms with Gasteiger partial charge >= 0.3 is 0 Å². The summed E-state index contributed by atoms with van der Waals surface area (Å²) >= 11 is 0. The van der Waals surface area contributed by atoms with Gasteiger partial charge < -0.3 is 5.32 Å². The molecule has 1 amide bonds. The molecule has 0 aliphatic carbocycles. The van der Waals surface area contributed by atoms with Gasteiger partial charge in [0.05, 0.1) is 6.42 Å². The van der Waals surface area contributed by atoms with Gasteiger partial charge in [-0.05, 0) is 6.92 Å². The van der Waals surface area contributed by atoms with Crippen LogP contribution in [0.25, 0.3) is 0 Å². The summed E-state index contributed by atoms with van der Waals surface area (Å²) in [4.78, 5) is 10.6. The van der Waals surface area contributed by atoms with Crippen LogP contribution in [0.4, 0.5) is 0 Å². The fourth-order valence-electron chi connectivity index (χ4n) is 0.402. The van der Waals surface area contributed by atoms with E-state index in [0.717, 1.165) is 0 Å². The van der Waals surface area contributed by atoms with Crippen LogP contribution >= 0.6 is 0 Å². The number of carbonyl (C=O) groups excluding carboxylic acids is 1. The van der Waals surface area contributed by atoms with Crippen molar-refractivity contribution >= 4 is 5.91 Å². The Hall–Kier alpha value is -0.970. The molecule has 1 radical (unpaired) electrons. The third kappa shape index (κ3) is 4.89. The van der Waals surface area contributed by atoms with Crippen LogP contribution in [0.3, 0.4) is 0 Å². The minimum atomic E-state index is -0.0337. The summed E-state index contributed by atoms with van der Waals surface area (Å²) in [5.41, 5.74) is 0. The van der Waals surface area contributed by atoms with Crippen LogP contribution in [0.5, 0.6) is 0 Å². The Morgan fingerprint density at radius 1 is 1.78 bits per heavy atom. The molecular formula is C7H10NO. The van der Waals surface area contributed by atoms with E-state index < -0.39 is 0 Å². The zero-order chi connectivity index (χ0) is 7.11. The highest BCUT2D eigenvalue weighted by atomic mass is 16.1. The Labute approximate surface area is 55.6 Å². The van der Waals surface area contributed by atoms with Crippen molar-refractivity contribution in [3.63, 3.8) is 0 Å². The van der Waals surface area contributed by atoms with Crippen LogP contribution in [0.15, 0.2) is 0 Å². The molecule has 0 bridgehead atoms. The van der Waals surface area contributed by atoms with Crippen LogP contribution in [-0.2, 0) is 4.79 Å². The number of amides is 1. The van der Waals surface area contributed by atoms with Crippen LogP contribution in [0.2, 0.25) is 0 Å². The number of nitrogens with one attached hydrogen (secondary N) is 1. The number of hydrogen-bond acceptors (Lipinski definition) is 1. The van der Waals surface area contributed by atoms with Crippen molar-refractivity contribution in [2.75, 3.05) is 6.54 Å². The lowest BCUT2D eigenvalue weighted by molar-refractivity contribution is -0.119. The van der Waals surface area contributed by atoms with Gasteiger partial charge in [0.25, 0.3) is 0 Å². The summed E-state index contributed by atoms with van der Waals surface area (Å²) in [6.07, 6.45) is 0.261. The largest absolute Gasteiger partial charge is 0.356 e. The molecule has 0 spiro atoms. The van der Waals surface area contributed by atoms with E-state index in [9.17, 15) is 4.79 Å². The van der Waals surface area contributed by atoms with Gasteiger partial charge in [-0.15, -0.1) is 5.92 Å². The summed E-state index contributed by atoms with van der Waals surface area (Å²) in [5.74, 6) is 4.92. The second-order valence-electron chi connectivity index (χ2n) is 1.48. The van der Waals surface area contributed by atoms with E-state index in [4.69, 9.17) is 0 Å². The lowest BCUT2D eigenvalue weighted by atomic mass is 10.4. The number of hydrogen-bond donors (Lipinski definition) is 1. The summed E-state index contributed by atoms with van der Waals surface area (Å²) in [5, 5.41) is 2.61. The highest BCUT2D eigenvalue weighted by Gasteiger charge is 1.91. The van der Waals surface area contributed by atoms with Crippen molar-refractivity contribution in [2.45, 2.75) is 13.3 Å². The van der Waals surface area contributed by atoms with Crippen LogP contribution < -0.4 is 5.32 Å². The van der Waals surface area contributed by atoms with Gasteiger partial charge in [-0.25, -0.2) is 0 Å². The van der Waals surface area contributed by atoms with E-state index in [1.807, 2.05) is 6.92 Å². The quantitative estimate of drug-likeness (QED) is 0.529.